The number of nitrogens with zero attached hydrogens (tertiary/aromatic N) is 2. The second kappa shape index (κ2) is 12.0. The Morgan fingerprint density at radius 2 is 2.11 bits per heavy atom. The van der Waals surface area contributed by atoms with Crippen LogP contribution in [0.4, 0.5) is 0 Å². The van der Waals surface area contributed by atoms with Crippen molar-refractivity contribution in [2.24, 2.45) is 10.7 Å². The van der Waals surface area contributed by atoms with Crippen LogP contribution in [0, 0.1) is 0 Å². The molecule has 1 saturated heterocycles. The van der Waals surface area contributed by atoms with E-state index in [1.165, 1.54) is 7.11 Å². The van der Waals surface area contributed by atoms with Crippen LogP contribution in [0.25, 0.3) is 0 Å². The maximum atomic E-state index is 12.3. The zero-order chi connectivity index (χ0) is 20.2. The molecule has 2 rings (SSSR count). The molecule has 10 heteroatoms. The first-order valence-electron chi connectivity index (χ1n) is 9.43. The number of hydrogen-bond donors (Lipinski definition) is 3. The van der Waals surface area contributed by atoms with Crippen LogP contribution < -0.4 is 15.8 Å². The third kappa shape index (κ3) is 8.11. The normalized spacial score (nSPS) is 16.2. The molecule has 0 spiro atoms. The number of benzene rings is 1. The average Bonchev–Trinajstić information content (AvgIpc) is 2.71. The minimum Gasteiger partial charge on any atom is -0.383 e. The number of nitrogens with two attached hydrogens (primary N) is 1. The SMILES string of the molecule is COCCNS(=O)(=O)c1cccc(CN=C(N)NCCCN2CCOCC2)c1. The number of morpholine rings is 1. The largest absolute Gasteiger partial charge is 0.383 e. The molecule has 1 aromatic rings. The lowest BCUT2D eigenvalue weighted by Gasteiger charge is -2.26. The van der Waals surface area contributed by atoms with E-state index >= 15 is 0 Å². The van der Waals surface area contributed by atoms with Crippen molar-refractivity contribution in [2.75, 3.05) is 59.7 Å². The lowest BCUT2D eigenvalue weighted by Crippen LogP contribution is -2.39. The first-order chi connectivity index (χ1) is 13.5. The summed E-state index contributed by atoms with van der Waals surface area (Å²) in [5.41, 5.74) is 6.68. The van der Waals surface area contributed by atoms with E-state index in [4.69, 9.17) is 15.2 Å². The molecule has 1 aliphatic rings. The second-order valence-corrected chi connectivity index (χ2v) is 8.24. The van der Waals surface area contributed by atoms with Gasteiger partial charge in [-0.2, -0.15) is 0 Å². The summed E-state index contributed by atoms with van der Waals surface area (Å²) < 4.78 is 37.2. The van der Waals surface area contributed by atoms with Gasteiger partial charge in [-0.05, 0) is 30.7 Å². The molecular weight excluding hydrogens is 382 g/mol. The Labute approximate surface area is 167 Å². The molecule has 9 nitrogen and oxygen atoms in total. The van der Waals surface area contributed by atoms with Crippen LogP contribution in [0.3, 0.4) is 0 Å². The van der Waals surface area contributed by atoms with Gasteiger partial charge in [0.15, 0.2) is 5.96 Å². The molecule has 0 bridgehead atoms. The van der Waals surface area contributed by atoms with Gasteiger partial charge in [0, 0.05) is 33.3 Å². The molecule has 0 aromatic heterocycles. The standard InChI is InChI=1S/C18H31N5O4S/c1-26-11-7-22-28(24,25)17-5-2-4-16(14-17)15-21-18(19)20-6-3-8-23-9-12-27-13-10-23/h2,4-5,14,22H,3,6-13,15H2,1H3,(H3,19,20,21). The predicted octanol–water partition coefficient (Wildman–Crippen LogP) is -0.262. The van der Waals surface area contributed by atoms with E-state index in [-0.39, 0.29) is 11.4 Å². The first kappa shape index (κ1) is 22.6. The zero-order valence-electron chi connectivity index (χ0n) is 16.4. The van der Waals surface area contributed by atoms with E-state index in [0.29, 0.717) is 19.1 Å². The summed E-state index contributed by atoms with van der Waals surface area (Å²) in [5.74, 6) is 0.355. The van der Waals surface area contributed by atoms with Gasteiger partial charge in [0.1, 0.15) is 0 Å². The average molecular weight is 414 g/mol. The van der Waals surface area contributed by atoms with Gasteiger partial charge >= 0.3 is 0 Å². The van der Waals surface area contributed by atoms with Gasteiger partial charge in [-0.1, -0.05) is 12.1 Å². The smallest absolute Gasteiger partial charge is 0.240 e. The van der Waals surface area contributed by atoms with Crippen molar-refractivity contribution < 1.29 is 17.9 Å². The Kier molecular flexibility index (Phi) is 9.65. The topological polar surface area (TPSA) is 118 Å². The van der Waals surface area contributed by atoms with Gasteiger partial charge in [-0.3, -0.25) is 4.90 Å². The number of hydrogen-bond acceptors (Lipinski definition) is 6. The number of aliphatic imine (C=N–C) groups is 1. The van der Waals surface area contributed by atoms with Crippen LogP contribution in [0.1, 0.15) is 12.0 Å². The molecule has 0 unspecified atom stereocenters. The number of ether oxygens (including phenoxy) is 2. The van der Waals surface area contributed by atoms with Gasteiger partial charge in [-0.25, -0.2) is 18.1 Å². The van der Waals surface area contributed by atoms with E-state index in [1.54, 1.807) is 18.2 Å². The van der Waals surface area contributed by atoms with Crippen molar-refractivity contribution in [1.82, 2.24) is 14.9 Å². The molecular formula is C18H31N5O4S. The first-order valence-corrected chi connectivity index (χ1v) is 10.9. The summed E-state index contributed by atoms with van der Waals surface area (Å²) in [4.78, 5) is 6.86. The van der Waals surface area contributed by atoms with Crippen LogP contribution in [0.5, 0.6) is 0 Å². The maximum absolute atomic E-state index is 12.3. The highest BCUT2D eigenvalue weighted by Crippen LogP contribution is 2.12. The van der Waals surface area contributed by atoms with E-state index in [1.807, 2.05) is 6.07 Å². The zero-order valence-corrected chi connectivity index (χ0v) is 17.2. The fourth-order valence-electron chi connectivity index (χ4n) is 2.75. The van der Waals surface area contributed by atoms with Crippen molar-refractivity contribution in [1.29, 1.82) is 0 Å². The Hall–Kier alpha value is -1.72. The van der Waals surface area contributed by atoms with Crippen LogP contribution in [-0.2, 0) is 26.0 Å². The van der Waals surface area contributed by atoms with Crippen LogP contribution >= 0.6 is 0 Å². The highest BCUT2D eigenvalue weighted by atomic mass is 32.2. The third-order valence-corrected chi connectivity index (χ3v) is 5.76. The van der Waals surface area contributed by atoms with Crippen LogP contribution in [-0.4, -0.2) is 78.9 Å². The molecule has 1 fully saturated rings. The van der Waals surface area contributed by atoms with E-state index in [9.17, 15) is 8.42 Å². The second-order valence-electron chi connectivity index (χ2n) is 6.47. The number of sulfonamides is 1. The molecule has 0 aliphatic carbocycles. The Morgan fingerprint density at radius 1 is 1.32 bits per heavy atom. The minimum atomic E-state index is -3.56. The lowest BCUT2D eigenvalue weighted by molar-refractivity contribution is 0.0376. The number of nitrogens with one attached hydrogen (secondary N) is 2. The van der Waals surface area contributed by atoms with Crippen LogP contribution in [0.2, 0.25) is 0 Å². The fraction of sp³-hybridized carbons (Fsp3) is 0.611. The van der Waals surface area contributed by atoms with Crippen molar-refractivity contribution >= 4 is 16.0 Å². The summed E-state index contributed by atoms with van der Waals surface area (Å²) in [6.07, 6.45) is 0.969. The molecule has 1 aliphatic heterocycles. The number of guanidine groups is 1. The van der Waals surface area contributed by atoms with Crippen molar-refractivity contribution in [3.05, 3.63) is 29.8 Å². The minimum absolute atomic E-state index is 0.202. The predicted molar refractivity (Wildman–Crippen MR) is 109 cm³/mol. The third-order valence-electron chi connectivity index (χ3n) is 4.30. The Morgan fingerprint density at radius 3 is 2.86 bits per heavy atom. The van der Waals surface area contributed by atoms with Crippen molar-refractivity contribution in [2.45, 2.75) is 17.9 Å². The summed E-state index contributed by atoms with van der Waals surface area (Å²) >= 11 is 0. The fourth-order valence-corrected chi connectivity index (χ4v) is 3.83. The summed E-state index contributed by atoms with van der Waals surface area (Å²) in [6, 6.07) is 6.67. The molecule has 1 heterocycles. The molecule has 28 heavy (non-hydrogen) atoms. The van der Waals surface area contributed by atoms with Crippen molar-refractivity contribution in [3.63, 3.8) is 0 Å². The van der Waals surface area contributed by atoms with Gasteiger partial charge in [0.25, 0.3) is 0 Å². The molecule has 4 N–H and O–H groups in total. The number of methoxy groups -OCH3 is 1. The Bertz CT molecular complexity index is 720. The molecule has 158 valence electrons. The quantitative estimate of drug-likeness (QED) is 0.260. The Balaban J connectivity index is 1.77. The van der Waals surface area contributed by atoms with E-state index in [0.717, 1.165) is 51.4 Å². The molecule has 1 aromatic carbocycles. The molecule has 0 amide bonds. The van der Waals surface area contributed by atoms with Gasteiger partial charge < -0.3 is 20.5 Å². The molecule has 0 atom stereocenters. The van der Waals surface area contributed by atoms with Crippen molar-refractivity contribution in [3.8, 4) is 0 Å². The highest BCUT2D eigenvalue weighted by molar-refractivity contribution is 7.89. The monoisotopic (exact) mass is 413 g/mol. The molecule has 0 radical (unpaired) electrons. The van der Waals surface area contributed by atoms with E-state index in [2.05, 4.69) is 19.9 Å². The molecule has 0 saturated carbocycles. The summed E-state index contributed by atoms with van der Waals surface area (Å²) in [5, 5.41) is 3.10. The maximum Gasteiger partial charge on any atom is 0.240 e. The van der Waals surface area contributed by atoms with Gasteiger partial charge in [-0.15, -0.1) is 0 Å². The summed E-state index contributed by atoms with van der Waals surface area (Å²) in [6.45, 7) is 6.14. The van der Waals surface area contributed by atoms with Gasteiger partial charge in [0.2, 0.25) is 10.0 Å². The highest BCUT2D eigenvalue weighted by Gasteiger charge is 2.13. The van der Waals surface area contributed by atoms with E-state index < -0.39 is 10.0 Å². The summed E-state index contributed by atoms with van der Waals surface area (Å²) in [7, 11) is -2.04. The van der Waals surface area contributed by atoms with Gasteiger partial charge in [0.05, 0.1) is 31.3 Å². The van der Waals surface area contributed by atoms with Crippen LogP contribution in [0.15, 0.2) is 34.2 Å². The number of rotatable bonds is 11. The lowest BCUT2D eigenvalue weighted by atomic mass is 10.2.